The van der Waals surface area contributed by atoms with Crippen LogP contribution in [-0.4, -0.2) is 20.7 Å². The van der Waals surface area contributed by atoms with Gasteiger partial charge in [-0.05, 0) is 23.8 Å². The second-order valence-electron chi connectivity index (χ2n) is 5.99. The number of alkyl halides is 2. The molecule has 0 aliphatic carbocycles. The molecule has 7 heteroatoms. The average molecular weight is 357 g/mol. The summed E-state index contributed by atoms with van der Waals surface area (Å²) in [6.07, 6.45) is 0. The monoisotopic (exact) mass is 357 g/mol. The predicted molar refractivity (Wildman–Crippen MR) is 93.1 cm³/mol. The molecule has 0 amide bonds. The number of benzene rings is 2. The van der Waals surface area contributed by atoms with Crippen LogP contribution in [0.4, 0.5) is 14.5 Å². The molecule has 5 nitrogen and oxygen atoms in total. The Morgan fingerprint density at radius 2 is 2.00 bits per heavy atom. The van der Waals surface area contributed by atoms with Crippen LogP contribution in [-0.2, 0) is 0 Å². The molecule has 0 spiro atoms. The standard InChI is InChI=1S/C19H17F2N3O2/c1-24(2)12-6-7-14-16(9-12)26-18(23)15(10-22)17(14)11-4-3-5-13(8-11)25-19(20)21/h3-9,17,19H,23H2,1-2H3. The van der Waals surface area contributed by atoms with Crippen molar-refractivity contribution in [1.82, 2.24) is 0 Å². The van der Waals surface area contributed by atoms with Crippen LogP contribution in [0.2, 0.25) is 0 Å². The summed E-state index contributed by atoms with van der Waals surface area (Å²) < 4.78 is 35.2. The molecule has 3 rings (SSSR count). The van der Waals surface area contributed by atoms with Gasteiger partial charge in [0, 0.05) is 31.4 Å². The third-order valence-electron chi connectivity index (χ3n) is 4.14. The number of anilines is 1. The minimum atomic E-state index is -2.93. The predicted octanol–water partition coefficient (Wildman–Crippen LogP) is 3.57. The number of halogens is 2. The Hall–Kier alpha value is -3.27. The van der Waals surface area contributed by atoms with Gasteiger partial charge < -0.3 is 20.1 Å². The fourth-order valence-corrected chi connectivity index (χ4v) is 2.94. The summed E-state index contributed by atoms with van der Waals surface area (Å²) in [5.74, 6) is 0.0199. The first-order valence-corrected chi connectivity index (χ1v) is 7.84. The Balaban J connectivity index is 2.12. The lowest BCUT2D eigenvalue weighted by Gasteiger charge is -2.27. The summed E-state index contributed by atoms with van der Waals surface area (Å²) >= 11 is 0. The van der Waals surface area contributed by atoms with Gasteiger partial charge in [0.2, 0.25) is 5.88 Å². The van der Waals surface area contributed by atoms with Crippen molar-refractivity contribution in [2.75, 3.05) is 19.0 Å². The molecule has 0 saturated carbocycles. The molecule has 1 unspecified atom stereocenters. The fraction of sp³-hybridized carbons (Fsp3) is 0.211. The Morgan fingerprint density at radius 3 is 2.65 bits per heavy atom. The van der Waals surface area contributed by atoms with Gasteiger partial charge in [0.1, 0.15) is 23.1 Å². The van der Waals surface area contributed by atoms with Gasteiger partial charge >= 0.3 is 6.61 Å². The molecule has 0 fully saturated rings. The second-order valence-corrected chi connectivity index (χ2v) is 5.99. The maximum atomic E-state index is 12.5. The van der Waals surface area contributed by atoms with Gasteiger partial charge in [-0.3, -0.25) is 0 Å². The van der Waals surface area contributed by atoms with Crippen molar-refractivity contribution in [3.05, 3.63) is 65.0 Å². The number of hydrogen-bond acceptors (Lipinski definition) is 5. The van der Waals surface area contributed by atoms with Crippen molar-refractivity contribution in [3.8, 4) is 17.6 Å². The maximum Gasteiger partial charge on any atom is 0.387 e. The Morgan fingerprint density at radius 1 is 1.23 bits per heavy atom. The number of fused-ring (bicyclic) bond motifs is 1. The number of allylic oxidation sites excluding steroid dienone is 1. The molecule has 1 aliphatic rings. The molecule has 1 heterocycles. The van der Waals surface area contributed by atoms with Gasteiger partial charge in [-0.1, -0.05) is 18.2 Å². The van der Waals surface area contributed by atoms with Crippen molar-refractivity contribution in [3.63, 3.8) is 0 Å². The van der Waals surface area contributed by atoms with Gasteiger partial charge in [-0.25, -0.2) is 0 Å². The number of nitrogens with zero attached hydrogens (tertiary/aromatic N) is 2. The van der Waals surface area contributed by atoms with E-state index in [4.69, 9.17) is 10.5 Å². The van der Waals surface area contributed by atoms with Crippen LogP contribution in [0.15, 0.2) is 53.9 Å². The fourth-order valence-electron chi connectivity index (χ4n) is 2.94. The minimum Gasteiger partial charge on any atom is -0.440 e. The maximum absolute atomic E-state index is 12.5. The molecule has 2 aromatic carbocycles. The number of rotatable bonds is 4. The van der Waals surface area contributed by atoms with E-state index in [1.165, 1.54) is 12.1 Å². The molecule has 2 N–H and O–H groups in total. The molecule has 26 heavy (non-hydrogen) atoms. The summed E-state index contributed by atoms with van der Waals surface area (Å²) in [6.45, 7) is -2.93. The first-order chi connectivity index (χ1) is 12.4. The van der Waals surface area contributed by atoms with Crippen LogP contribution >= 0.6 is 0 Å². The molecule has 1 aliphatic heterocycles. The Kier molecular flexibility index (Phi) is 4.67. The highest BCUT2D eigenvalue weighted by Gasteiger charge is 2.31. The molecule has 2 aromatic rings. The number of hydrogen-bond donors (Lipinski definition) is 1. The topological polar surface area (TPSA) is 71.5 Å². The third-order valence-corrected chi connectivity index (χ3v) is 4.14. The Labute approximate surface area is 149 Å². The van der Waals surface area contributed by atoms with Gasteiger partial charge in [-0.2, -0.15) is 14.0 Å². The first-order valence-electron chi connectivity index (χ1n) is 7.84. The van der Waals surface area contributed by atoms with E-state index in [0.29, 0.717) is 11.3 Å². The molecular weight excluding hydrogens is 340 g/mol. The van der Waals surface area contributed by atoms with E-state index in [1.54, 1.807) is 12.1 Å². The Bertz CT molecular complexity index is 904. The van der Waals surface area contributed by atoms with Crippen LogP contribution in [0.5, 0.6) is 11.5 Å². The van der Waals surface area contributed by atoms with Gasteiger partial charge in [0.15, 0.2) is 0 Å². The third kappa shape index (κ3) is 3.26. The van der Waals surface area contributed by atoms with Crippen LogP contribution in [0.1, 0.15) is 17.0 Å². The molecule has 0 bridgehead atoms. The highest BCUT2D eigenvalue weighted by atomic mass is 19.3. The lowest BCUT2D eigenvalue weighted by Crippen LogP contribution is -2.21. The number of nitriles is 1. The highest BCUT2D eigenvalue weighted by molar-refractivity contribution is 5.61. The molecule has 134 valence electrons. The molecule has 0 aromatic heterocycles. The van der Waals surface area contributed by atoms with Crippen molar-refractivity contribution in [2.24, 2.45) is 5.73 Å². The normalized spacial score (nSPS) is 15.9. The van der Waals surface area contributed by atoms with Gasteiger partial charge in [0.25, 0.3) is 0 Å². The zero-order chi connectivity index (χ0) is 18.8. The minimum absolute atomic E-state index is 0.00101. The lowest BCUT2D eigenvalue weighted by atomic mass is 9.83. The average Bonchev–Trinajstić information content (AvgIpc) is 2.59. The smallest absolute Gasteiger partial charge is 0.387 e. The van der Waals surface area contributed by atoms with E-state index in [2.05, 4.69) is 10.8 Å². The van der Waals surface area contributed by atoms with E-state index in [0.717, 1.165) is 11.3 Å². The van der Waals surface area contributed by atoms with Crippen LogP contribution in [0.3, 0.4) is 0 Å². The van der Waals surface area contributed by atoms with E-state index >= 15 is 0 Å². The summed E-state index contributed by atoms with van der Waals surface area (Å²) in [4.78, 5) is 1.91. The summed E-state index contributed by atoms with van der Waals surface area (Å²) in [7, 11) is 3.79. The largest absolute Gasteiger partial charge is 0.440 e. The number of ether oxygens (including phenoxy) is 2. The highest BCUT2D eigenvalue weighted by Crippen LogP contribution is 2.43. The zero-order valence-electron chi connectivity index (χ0n) is 14.2. The second kappa shape index (κ2) is 6.92. The van der Waals surface area contributed by atoms with E-state index in [1.807, 2.05) is 37.2 Å². The van der Waals surface area contributed by atoms with Gasteiger partial charge in [-0.15, -0.1) is 0 Å². The first kappa shape index (κ1) is 17.5. The van der Waals surface area contributed by atoms with Crippen molar-refractivity contribution < 1.29 is 18.3 Å². The van der Waals surface area contributed by atoms with E-state index < -0.39 is 12.5 Å². The SMILES string of the molecule is CN(C)c1ccc2c(c1)OC(N)=C(C#N)C2c1cccc(OC(F)F)c1. The van der Waals surface area contributed by atoms with E-state index in [-0.39, 0.29) is 17.2 Å². The molecule has 0 radical (unpaired) electrons. The summed E-state index contributed by atoms with van der Waals surface area (Å²) in [6, 6.07) is 13.9. The lowest BCUT2D eigenvalue weighted by molar-refractivity contribution is -0.0498. The van der Waals surface area contributed by atoms with Crippen molar-refractivity contribution >= 4 is 5.69 Å². The zero-order valence-corrected chi connectivity index (χ0v) is 14.2. The summed E-state index contributed by atoms with van der Waals surface area (Å²) in [5.41, 5.74) is 8.43. The van der Waals surface area contributed by atoms with E-state index in [9.17, 15) is 14.0 Å². The molecule has 1 atom stereocenters. The number of nitrogens with two attached hydrogens (primary N) is 1. The van der Waals surface area contributed by atoms with Crippen LogP contribution in [0.25, 0.3) is 0 Å². The van der Waals surface area contributed by atoms with Crippen LogP contribution in [0, 0.1) is 11.3 Å². The summed E-state index contributed by atoms with van der Waals surface area (Å²) in [5, 5.41) is 9.55. The van der Waals surface area contributed by atoms with Crippen LogP contribution < -0.4 is 20.1 Å². The van der Waals surface area contributed by atoms with Crippen molar-refractivity contribution in [1.29, 1.82) is 5.26 Å². The van der Waals surface area contributed by atoms with Gasteiger partial charge in [0.05, 0.1) is 5.92 Å². The molecular formula is C19H17F2N3O2. The molecule has 0 saturated heterocycles. The quantitative estimate of drug-likeness (QED) is 0.906. The van der Waals surface area contributed by atoms with Crippen molar-refractivity contribution in [2.45, 2.75) is 12.5 Å².